The molecule has 0 amide bonds. The second-order valence-corrected chi connectivity index (χ2v) is 10.8. The Labute approximate surface area is 192 Å². The van der Waals surface area contributed by atoms with Gasteiger partial charge in [0.05, 0.1) is 6.61 Å². The monoisotopic (exact) mass is 456 g/mol. The Morgan fingerprint density at radius 3 is 2.59 bits per heavy atom. The van der Waals surface area contributed by atoms with E-state index in [0.29, 0.717) is 11.7 Å². The zero-order chi connectivity index (χ0) is 22.1. The van der Waals surface area contributed by atoms with E-state index in [0.717, 1.165) is 74.8 Å². The lowest BCUT2D eigenvalue weighted by atomic mass is 9.73. The third-order valence-electron chi connectivity index (χ3n) is 7.21. The first-order valence-electron chi connectivity index (χ1n) is 11.6. The fraction of sp³-hybridized carbons (Fsp3) is 0.583. The van der Waals surface area contributed by atoms with E-state index in [1.807, 2.05) is 0 Å². The molecule has 3 aliphatic rings. The number of aromatic nitrogens is 2. The molecule has 3 aliphatic heterocycles. The first-order chi connectivity index (χ1) is 15.6. The highest BCUT2D eigenvalue weighted by Crippen LogP contribution is 2.38. The van der Waals surface area contributed by atoms with Gasteiger partial charge >= 0.3 is 0 Å². The molecule has 2 aromatic rings. The highest BCUT2D eigenvalue weighted by molar-refractivity contribution is 7.91. The van der Waals surface area contributed by atoms with E-state index in [-0.39, 0.29) is 18.1 Å². The minimum absolute atomic E-state index is 0.143. The molecule has 0 radical (unpaired) electrons. The number of aliphatic hydroxyl groups is 1. The fourth-order valence-electron chi connectivity index (χ4n) is 5.04. The third kappa shape index (κ3) is 4.21. The Morgan fingerprint density at radius 2 is 1.91 bits per heavy atom. The molecule has 32 heavy (non-hydrogen) atoms. The molecule has 0 aliphatic carbocycles. The van der Waals surface area contributed by atoms with Gasteiger partial charge in [-0.25, -0.2) is 4.98 Å². The summed E-state index contributed by atoms with van der Waals surface area (Å²) in [4.78, 5) is 12.7. The van der Waals surface area contributed by atoms with E-state index in [1.165, 1.54) is 11.1 Å². The lowest BCUT2D eigenvalue weighted by molar-refractivity contribution is 0.0903. The number of piperidine rings is 1. The van der Waals surface area contributed by atoms with E-state index in [9.17, 15) is 9.66 Å². The molecular weight excluding hydrogens is 424 g/mol. The maximum absolute atomic E-state index is 12.6. The van der Waals surface area contributed by atoms with E-state index >= 15 is 0 Å². The van der Waals surface area contributed by atoms with Crippen LogP contribution in [0.25, 0.3) is 0 Å². The molecule has 7 nitrogen and oxygen atoms in total. The molecule has 1 aromatic heterocycles. The molecule has 4 heterocycles. The summed E-state index contributed by atoms with van der Waals surface area (Å²) < 4.78 is 18.1. The maximum atomic E-state index is 12.6. The molecule has 2 saturated heterocycles. The number of anilines is 2. The average Bonchev–Trinajstić information content (AvgIpc) is 3.21. The largest absolute Gasteiger partial charge is 0.611 e. The highest BCUT2D eigenvalue weighted by Gasteiger charge is 2.38. The summed E-state index contributed by atoms with van der Waals surface area (Å²) in [5, 5.41) is 13.9. The number of nitrogens with zero attached hydrogens (tertiary/aromatic N) is 3. The van der Waals surface area contributed by atoms with Crippen molar-refractivity contribution < 1.29 is 14.4 Å². The topological polar surface area (TPSA) is 93.6 Å². The van der Waals surface area contributed by atoms with Crippen molar-refractivity contribution in [3.05, 3.63) is 41.1 Å². The molecule has 5 rings (SSSR count). The number of ether oxygens (including phenoxy) is 1. The quantitative estimate of drug-likeness (QED) is 0.668. The third-order valence-corrected chi connectivity index (χ3v) is 8.67. The molecule has 2 fully saturated rings. The van der Waals surface area contributed by atoms with Gasteiger partial charge in [0.2, 0.25) is 10.8 Å². The van der Waals surface area contributed by atoms with E-state index in [4.69, 9.17) is 14.7 Å². The molecule has 0 bridgehead atoms. The molecule has 8 heteroatoms. The van der Waals surface area contributed by atoms with Crippen LogP contribution in [0.4, 0.5) is 11.8 Å². The molecule has 1 unspecified atom stereocenters. The summed E-state index contributed by atoms with van der Waals surface area (Å²) in [6.45, 7) is 5.29. The van der Waals surface area contributed by atoms with Crippen molar-refractivity contribution in [2.45, 2.75) is 55.4 Å². The first kappa shape index (κ1) is 21.9. The Bertz CT molecular complexity index is 941. The molecule has 172 valence electrons. The highest BCUT2D eigenvalue weighted by atomic mass is 32.2. The van der Waals surface area contributed by atoms with Crippen molar-refractivity contribution >= 4 is 22.9 Å². The minimum atomic E-state index is -1.04. The van der Waals surface area contributed by atoms with Crippen LogP contribution in [-0.2, 0) is 27.7 Å². The zero-order valence-electron chi connectivity index (χ0n) is 18.7. The Morgan fingerprint density at radius 1 is 1.19 bits per heavy atom. The van der Waals surface area contributed by atoms with E-state index < -0.39 is 11.2 Å². The average molecular weight is 457 g/mol. The Kier molecular flexibility index (Phi) is 6.29. The van der Waals surface area contributed by atoms with Crippen LogP contribution < -0.4 is 10.2 Å². The van der Waals surface area contributed by atoms with Gasteiger partial charge in [0, 0.05) is 44.2 Å². The lowest BCUT2D eigenvalue weighted by Gasteiger charge is -2.41. The number of aliphatic hydroxyl groups excluding tert-OH is 1. The molecular formula is C24H32N4O3S. The summed E-state index contributed by atoms with van der Waals surface area (Å²) in [6, 6.07) is 8.84. The van der Waals surface area contributed by atoms with Crippen LogP contribution in [0.2, 0.25) is 0 Å². The predicted octanol–water partition coefficient (Wildman–Crippen LogP) is 2.57. The molecule has 0 saturated carbocycles. The Balaban J connectivity index is 1.37. The van der Waals surface area contributed by atoms with Crippen molar-refractivity contribution in [2.75, 3.05) is 48.9 Å². The van der Waals surface area contributed by atoms with Crippen LogP contribution in [-0.4, -0.2) is 64.3 Å². The van der Waals surface area contributed by atoms with Crippen LogP contribution >= 0.6 is 0 Å². The van der Waals surface area contributed by atoms with E-state index in [2.05, 4.69) is 41.4 Å². The normalized spacial score (nSPS) is 23.2. The van der Waals surface area contributed by atoms with Crippen molar-refractivity contribution in [3.63, 3.8) is 0 Å². The number of hydrogen-bond donors (Lipinski definition) is 2. The second kappa shape index (κ2) is 9.17. The smallest absolute Gasteiger partial charge is 0.227 e. The van der Waals surface area contributed by atoms with Gasteiger partial charge in [-0.05, 0) is 49.3 Å². The summed E-state index contributed by atoms with van der Waals surface area (Å²) in [6.07, 6.45) is 4.29. The van der Waals surface area contributed by atoms with Crippen molar-refractivity contribution in [3.8, 4) is 0 Å². The molecule has 1 aromatic carbocycles. The van der Waals surface area contributed by atoms with Crippen molar-refractivity contribution in [1.29, 1.82) is 0 Å². The van der Waals surface area contributed by atoms with Gasteiger partial charge in [0.1, 0.15) is 11.4 Å². The summed E-state index contributed by atoms with van der Waals surface area (Å²) >= 11 is -1.04. The second-order valence-electron chi connectivity index (χ2n) is 9.27. The lowest BCUT2D eigenvalue weighted by Crippen LogP contribution is -2.45. The van der Waals surface area contributed by atoms with Gasteiger partial charge in [-0.2, -0.15) is 4.98 Å². The predicted molar refractivity (Wildman–Crippen MR) is 126 cm³/mol. The number of benzene rings is 1. The number of fused-ring (bicyclic) bond motifs is 1. The fourth-order valence-corrected chi connectivity index (χ4v) is 6.35. The number of aryl methyl sites for hydroxylation is 2. The van der Waals surface area contributed by atoms with E-state index in [1.54, 1.807) is 0 Å². The Hall–Kier alpha value is -1.87. The number of hydrogen-bond acceptors (Lipinski definition) is 7. The van der Waals surface area contributed by atoms with Crippen molar-refractivity contribution in [2.24, 2.45) is 0 Å². The first-order valence-corrected chi connectivity index (χ1v) is 13.0. The summed E-state index contributed by atoms with van der Waals surface area (Å²) in [5.74, 6) is 2.08. The summed E-state index contributed by atoms with van der Waals surface area (Å²) in [5.41, 5.74) is 3.14. The van der Waals surface area contributed by atoms with Crippen LogP contribution in [0.5, 0.6) is 0 Å². The van der Waals surface area contributed by atoms with Crippen LogP contribution in [0, 0.1) is 6.92 Å². The number of nitrogens with one attached hydrogen (secondary N) is 1. The van der Waals surface area contributed by atoms with Crippen LogP contribution in [0.15, 0.2) is 29.2 Å². The SMILES string of the molecule is Cc1ccc(C2(CO)CCN(c3nc4c(c(NC5CCOCC5)n3)[S+]([O-])CC4)CC2)cc1. The van der Waals surface area contributed by atoms with Crippen LogP contribution in [0.3, 0.4) is 0 Å². The maximum Gasteiger partial charge on any atom is 0.227 e. The van der Waals surface area contributed by atoms with Gasteiger partial charge in [-0.15, -0.1) is 0 Å². The minimum Gasteiger partial charge on any atom is -0.611 e. The van der Waals surface area contributed by atoms with Crippen LogP contribution in [0.1, 0.15) is 42.5 Å². The van der Waals surface area contributed by atoms with Gasteiger partial charge < -0.3 is 24.6 Å². The molecule has 2 N–H and O–H groups in total. The number of rotatable bonds is 5. The van der Waals surface area contributed by atoms with Crippen molar-refractivity contribution in [1.82, 2.24) is 9.97 Å². The van der Waals surface area contributed by atoms with Gasteiger partial charge in [-0.1, -0.05) is 29.8 Å². The standard InChI is InChI=1S/C24H32N4O3S/c1-17-2-4-18(5-3-17)24(16-29)9-11-28(12-10-24)23-26-20-8-15-32(30)21(20)22(27-23)25-19-6-13-31-14-7-19/h2-5,19,29H,6-16H2,1H3,(H,25,26,27). The van der Waals surface area contributed by atoms with Gasteiger partial charge in [0.15, 0.2) is 5.82 Å². The molecule has 0 spiro atoms. The van der Waals surface area contributed by atoms with Gasteiger partial charge in [-0.3, -0.25) is 0 Å². The molecule has 1 atom stereocenters. The summed E-state index contributed by atoms with van der Waals surface area (Å²) in [7, 11) is 0. The zero-order valence-corrected chi connectivity index (χ0v) is 19.5. The van der Waals surface area contributed by atoms with Gasteiger partial charge in [0.25, 0.3) is 0 Å².